The average Bonchev–Trinajstić information content (AvgIpc) is 2.38. The van der Waals surface area contributed by atoms with E-state index in [9.17, 15) is 12.8 Å². The molecule has 108 valence electrons. The van der Waals surface area contributed by atoms with Crippen molar-refractivity contribution in [1.82, 2.24) is 0 Å². The summed E-state index contributed by atoms with van der Waals surface area (Å²) in [6, 6.07) is 4.18. The van der Waals surface area contributed by atoms with Crippen molar-refractivity contribution in [3.05, 3.63) is 29.6 Å². The summed E-state index contributed by atoms with van der Waals surface area (Å²) in [5.74, 6) is -0.0314. The van der Waals surface area contributed by atoms with Crippen LogP contribution in [0.3, 0.4) is 0 Å². The van der Waals surface area contributed by atoms with Gasteiger partial charge in [0.25, 0.3) is 0 Å². The number of rotatable bonds is 7. The van der Waals surface area contributed by atoms with E-state index in [1.807, 2.05) is 0 Å². The number of methoxy groups -OCH3 is 1. The fourth-order valence-corrected chi connectivity index (χ4v) is 2.64. The average molecular weight is 289 g/mol. The van der Waals surface area contributed by atoms with E-state index in [1.165, 1.54) is 19.2 Å². The van der Waals surface area contributed by atoms with E-state index in [0.29, 0.717) is 18.4 Å². The van der Waals surface area contributed by atoms with Crippen LogP contribution >= 0.6 is 0 Å². The molecule has 0 aliphatic rings. The van der Waals surface area contributed by atoms with Gasteiger partial charge >= 0.3 is 0 Å². The molecule has 0 radical (unpaired) electrons. The van der Waals surface area contributed by atoms with Gasteiger partial charge in [-0.2, -0.15) is 0 Å². The summed E-state index contributed by atoms with van der Waals surface area (Å²) in [4.78, 5) is 0. The first-order valence-electron chi connectivity index (χ1n) is 6.19. The highest BCUT2D eigenvalue weighted by Crippen LogP contribution is 2.23. The lowest BCUT2D eigenvalue weighted by atomic mass is 10.0. The van der Waals surface area contributed by atoms with Crippen molar-refractivity contribution in [2.45, 2.75) is 25.8 Å². The minimum atomic E-state index is -2.97. The maximum absolute atomic E-state index is 13.5. The molecule has 0 spiro atoms. The Balaban J connectivity index is 2.59. The predicted molar refractivity (Wildman–Crippen MR) is 73.4 cm³/mol. The second-order valence-corrected chi connectivity index (χ2v) is 6.85. The lowest BCUT2D eigenvalue weighted by Crippen LogP contribution is -2.14. The van der Waals surface area contributed by atoms with Gasteiger partial charge in [-0.3, -0.25) is 0 Å². The SMILES string of the molecule is CCS(=O)(=O)CCCC(N)c1ccc(OC)c(F)c1. The Morgan fingerprint density at radius 1 is 1.42 bits per heavy atom. The molecule has 1 aromatic rings. The van der Waals surface area contributed by atoms with Gasteiger partial charge < -0.3 is 10.5 Å². The molecule has 2 N–H and O–H groups in total. The van der Waals surface area contributed by atoms with Crippen molar-refractivity contribution in [1.29, 1.82) is 0 Å². The Bertz CT molecular complexity index is 517. The molecule has 0 heterocycles. The molecule has 0 aromatic heterocycles. The third-order valence-corrected chi connectivity index (χ3v) is 4.80. The summed E-state index contributed by atoms with van der Waals surface area (Å²) in [6.07, 6.45) is 0.982. The van der Waals surface area contributed by atoms with Crippen LogP contribution in [0.4, 0.5) is 4.39 Å². The van der Waals surface area contributed by atoms with Crippen LogP contribution in [0.5, 0.6) is 5.75 Å². The number of hydrogen-bond donors (Lipinski definition) is 1. The van der Waals surface area contributed by atoms with Gasteiger partial charge in [-0.25, -0.2) is 12.8 Å². The van der Waals surface area contributed by atoms with Crippen molar-refractivity contribution in [2.75, 3.05) is 18.6 Å². The highest BCUT2D eigenvalue weighted by molar-refractivity contribution is 7.91. The highest BCUT2D eigenvalue weighted by atomic mass is 32.2. The van der Waals surface area contributed by atoms with E-state index < -0.39 is 15.7 Å². The van der Waals surface area contributed by atoms with Crippen molar-refractivity contribution in [3.8, 4) is 5.75 Å². The van der Waals surface area contributed by atoms with Gasteiger partial charge in [0.05, 0.1) is 12.9 Å². The van der Waals surface area contributed by atoms with Crippen LogP contribution in [0.15, 0.2) is 18.2 Å². The van der Waals surface area contributed by atoms with E-state index in [1.54, 1.807) is 13.0 Å². The standard InChI is InChI=1S/C13H20FNO3S/c1-3-19(16,17)8-4-5-12(15)10-6-7-13(18-2)11(14)9-10/h6-7,9,12H,3-5,8,15H2,1-2H3. The molecule has 1 rings (SSSR count). The molecule has 0 aliphatic carbocycles. The molecule has 6 heteroatoms. The lowest BCUT2D eigenvalue weighted by Gasteiger charge is -2.13. The van der Waals surface area contributed by atoms with Crippen molar-refractivity contribution >= 4 is 9.84 Å². The Morgan fingerprint density at radius 2 is 2.11 bits per heavy atom. The summed E-state index contributed by atoms with van der Waals surface area (Å²) < 4.78 is 41.0. The highest BCUT2D eigenvalue weighted by Gasteiger charge is 2.12. The summed E-state index contributed by atoms with van der Waals surface area (Å²) >= 11 is 0. The molecule has 4 nitrogen and oxygen atoms in total. The molecule has 19 heavy (non-hydrogen) atoms. The summed E-state index contributed by atoms with van der Waals surface area (Å²) in [5, 5.41) is 0. The minimum Gasteiger partial charge on any atom is -0.494 e. The number of halogens is 1. The largest absolute Gasteiger partial charge is 0.494 e. The zero-order valence-corrected chi connectivity index (χ0v) is 12.0. The van der Waals surface area contributed by atoms with Gasteiger partial charge in [0.1, 0.15) is 9.84 Å². The monoisotopic (exact) mass is 289 g/mol. The number of hydrogen-bond acceptors (Lipinski definition) is 4. The van der Waals surface area contributed by atoms with E-state index in [0.717, 1.165) is 0 Å². The van der Waals surface area contributed by atoms with Crippen molar-refractivity contribution in [3.63, 3.8) is 0 Å². The zero-order valence-electron chi connectivity index (χ0n) is 11.2. The Kier molecular flexibility index (Phi) is 5.75. The molecule has 1 atom stereocenters. The number of nitrogens with two attached hydrogens (primary N) is 1. The lowest BCUT2D eigenvalue weighted by molar-refractivity contribution is 0.385. The Morgan fingerprint density at radius 3 is 2.63 bits per heavy atom. The summed E-state index contributed by atoms with van der Waals surface area (Å²) in [5.41, 5.74) is 6.57. The fraction of sp³-hybridized carbons (Fsp3) is 0.538. The molecule has 1 unspecified atom stereocenters. The third-order valence-electron chi connectivity index (χ3n) is 3.01. The van der Waals surface area contributed by atoms with Crippen LogP contribution < -0.4 is 10.5 Å². The van der Waals surface area contributed by atoms with Gasteiger partial charge in [-0.05, 0) is 30.5 Å². The van der Waals surface area contributed by atoms with Crippen LogP contribution in [0, 0.1) is 5.82 Å². The molecule has 0 amide bonds. The minimum absolute atomic E-state index is 0.121. The zero-order chi connectivity index (χ0) is 14.5. The number of ether oxygens (including phenoxy) is 1. The van der Waals surface area contributed by atoms with Gasteiger partial charge in [0.15, 0.2) is 11.6 Å². The first-order valence-corrected chi connectivity index (χ1v) is 8.01. The van der Waals surface area contributed by atoms with Gasteiger partial charge in [0, 0.05) is 11.8 Å². The van der Waals surface area contributed by atoms with Gasteiger partial charge in [0.2, 0.25) is 0 Å². The molecule has 0 fully saturated rings. The maximum atomic E-state index is 13.5. The molecule has 0 saturated heterocycles. The molecule has 0 aliphatic heterocycles. The van der Waals surface area contributed by atoms with Crippen molar-refractivity contribution < 1.29 is 17.5 Å². The molecule has 1 aromatic carbocycles. The fourth-order valence-electron chi connectivity index (χ4n) is 1.75. The van der Waals surface area contributed by atoms with Crippen LogP contribution in [-0.4, -0.2) is 27.0 Å². The first kappa shape index (κ1) is 15.9. The normalized spacial score (nSPS) is 13.3. The second kappa shape index (κ2) is 6.86. The summed E-state index contributed by atoms with van der Waals surface area (Å²) in [7, 11) is -1.57. The van der Waals surface area contributed by atoms with E-state index >= 15 is 0 Å². The maximum Gasteiger partial charge on any atom is 0.165 e. The molecular formula is C13H20FNO3S. The van der Waals surface area contributed by atoms with Crippen LogP contribution in [-0.2, 0) is 9.84 Å². The smallest absolute Gasteiger partial charge is 0.165 e. The van der Waals surface area contributed by atoms with Crippen LogP contribution in [0.25, 0.3) is 0 Å². The van der Waals surface area contributed by atoms with Gasteiger partial charge in [-0.1, -0.05) is 13.0 Å². The van der Waals surface area contributed by atoms with E-state index in [-0.39, 0.29) is 23.3 Å². The quantitative estimate of drug-likeness (QED) is 0.834. The topological polar surface area (TPSA) is 69.4 Å². The number of sulfone groups is 1. The third kappa shape index (κ3) is 4.80. The van der Waals surface area contributed by atoms with Gasteiger partial charge in [-0.15, -0.1) is 0 Å². The predicted octanol–water partition coefficient (Wildman–Crippen LogP) is 2.05. The second-order valence-electron chi connectivity index (χ2n) is 4.38. The van der Waals surface area contributed by atoms with Crippen molar-refractivity contribution in [2.24, 2.45) is 5.73 Å². The molecular weight excluding hydrogens is 269 g/mol. The van der Waals surface area contributed by atoms with E-state index in [2.05, 4.69) is 0 Å². The Hall–Kier alpha value is -1.14. The van der Waals surface area contributed by atoms with Crippen LogP contribution in [0.1, 0.15) is 31.4 Å². The summed E-state index contributed by atoms with van der Waals surface area (Å²) in [6.45, 7) is 1.62. The molecule has 0 saturated carbocycles. The van der Waals surface area contributed by atoms with Crippen LogP contribution in [0.2, 0.25) is 0 Å². The van der Waals surface area contributed by atoms with E-state index in [4.69, 9.17) is 10.5 Å². The number of benzene rings is 1. The Labute approximate surface area is 113 Å². The molecule has 0 bridgehead atoms. The first-order chi connectivity index (χ1) is 8.89.